The molecule has 4 heteroatoms. The van der Waals surface area contributed by atoms with Crippen molar-refractivity contribution in [3.8, 4) is 0 Å². The summed E-state index contributed by atoms with van der Waals surface area (Å²) in [6.07, 6.45) is 3.73. The maximum atomic E-state index is 6.16. The van der Waals surface area contributed by atoms with Crippen molar-refractivity contribution in [2.24, 2.45) is 5.73 Å². The summed E-state index contributed by atoms with van der Waals surface area (Å²) in [5, 5.41) is 0. The third-order valence-corrected chi connectivity index (χ3v) is 3.81. The van der Waals surface area contributed by atoms with E-state index in [-0.39, 0.29) is 6.04 Å². The Morgan fingerprint density at radius 2 is 2.13 bits per heavy atom. The summed E-state index contributed by atoms with van der Waals surface area (Å²) in [6, 6.07) is 5.26. The Kier molecular flexibility index (Phi) is 2.38. The molecule has 3 rings (SSSR count). The van der Waals surface area contributed by atoms with E-state index in [0.29, 0.717) is 6.04 Å². The van der Waals surface area contributed by atoms with E-state index in [9.17, 15) is 0 Å². The molecule has 2 unspecified atom stereocenters. The fraction of sp³-hybridized carbons (Fsp3) is 0.636. The smallest absolute Gasteiger partial charge is 0.169 e. The van der Waals surface area contributed by atoms with Crippen LogP contribution in [0.4, 0.5) is 0 Å². The molecule has 15 heavy (non-hydrogen) atoms. The average molecular weight is 271 g/mol. The van der Waals surface area contributed by atoms with E-state index in [1.807, 2.05) is 12.1 Å². The Hall–Kier alpha value is -0.320. The number of furan rings is 1. The highest BCUT2D eigenvalue weighted by Crippen LogP contribution is 2.41. The van der Waals surface area contributed by atoms with Crippen molar-refractivity contribution in [2.45, 2.75) is 37.4 Å². The summed E-state index contributed by atoms with van der Waals surface area (Å²) in [4.78, 5) is 2.51. The van der Waals surface area contributed by atoms with Crippen LogP contribution in [0.3, 0.4) is 0 Å². The minimum Gasteiger partial charge on any atom is -0.453 e. The summed E-state index contributed by atoms with van der Waals surface area (Å²) in [7, 11) is 0. The molecule has 2 fully saturated rings. The van der Waals surface area contributed by atoms with Crippen LogP contribution in [0.5, 0.6) is 0 Å². The lowest BCUT2D eigenvalue weighted by Gasteiger charge is -2.24. The van der Waals surface area contributed by atoms with Crippen molar-refractivity contribution in [2.75, 3.05) is 6.54 Å². The predicted molar refractivity (Wildman–Crippen MR) is 61.5 cm³/mol. The minimum absolute atomic E-state index is 0.226. The third-order valence-electron chi connectivity index (χ3n) is 3.38. The monoisotopic (exact) mass is 270 g/mol. The molecule has 2 heterocycles. The van der Waals surface area contributed by atoms with Gasteiger partial charge in [0.15, 0.2) is 4.67 Å². The SMILES string of the molecule is NC1CCN(C2CC2)C1c1ccc(Br)o1. The molecule has 2 N–H and O–H groups in total. The molecule has 2 atom stereocenters. The van der Waals surface area contributed by atoms with Gasteiger partial charge in [-0.3, -0.25) is 4.90 Å². The van der Waals surface area contributed by atoms with Gasteiger partial charge in [-0.1, -0.05) is 0 Å². The van der Waals surface area contributed by atoms with Gasteiger partial charge in [-0.2, -0.15) is 0 Å². The molecule has 1 aromatic rings. The average Bonchev–Trinajstić information content (AvgIpc) is 2.86. The highest BCUT2D eigenvalue weighted by atomic mass is 79.9. The van der Waals surface area contributed by atoms with E-state index >= 15 is 0 Å². The highest BCUT2D eigenvalue weighted by Gasteiger charge is 2.42. The molecule has 3 nitrogen and oxygen atoms in total. The first-order valence-corrected chi connectivity index (χ1v) is 6.31. The quantitative estimate of drug-likeness (QED) is 0.897. The van der Waals surface area contributed by atoms with Gasteiger partial charge in [-0.25, -0.2) is 0 Å². The summed E-state index contributed by atoms with van der Waals surface area (Å²) < 4.78 is 6.44. The second kappa shape index (κ2) is 3.61. The fourth-order valence-corrected chi connectivity index (χ4v) is 2.84. The van der Waals surface area contributed by atoms with Crippen LogP contribution in [0.1, 0.15) is 31.1 Å². The number of hydrogen-bond donors (Lipinski definition) is 1. The van der Waals surface area contributed by atoms with Gasteiger partial charge in [0, 0.05) is 18.6 Å². The maximum absolute atomic E-state index is 6.16. The number of likely N-dealkylation sites (tertiary alicyclic amines) is 1. The molecule has 0 amide bonds. The van der Waals surface area contributed by atoms with Gasteiger partial charge in [0.05, 0.1) is 6.04 Å². The largest absolute Gasteiger partial charge is 0.453 e. The molecule has 1 saturated carbocycles. The predicted octanol–water partition coefficient (Wildman–Crippen LogP) is 2.28. The first-order chi connectivity index (χ1) is 7.25. The van der Waals surface area contributed by atoms with Crippen LogP contribution in [0, 0.1) is 0 Å². The summed E-state index contributed by atoms with van der Waals surface area (Å²) in [6.45, 7) is 1.12. The molecule has 0 radical (unpaired) electrons. The van der Waals surface area contributed by atoms with E-state index in [0.717, 1.165) is 29.4 Å². The number of hydrogen-bond acceptors (Lipinski definition) is 3. The highest BCUT2D eigenvalue weighted by molar-refractivity contribution is 9.10. The topological polar surface area (TPSA) is 42.4 Å². The van der Waals surface area contributed by atoms with Crippen LogP contribution in [-0.4, -0.2) is 23.5 Å². The lowest BCUT2D eigenvalue weighted by molar-refractivity contribution is 0.208. The van der Waals surface area contributed by atoms with Gasteiger partial charge < -0.3 is 10.2 Å². The van der Waals surface area contributed by atoms with E-state index in [4.69, 9.17) is 10.2 Å². The lowest BCUT2D eigenvalue weighted by atomic mass is 10.1. The van der Waals surface area contributed by atoms with E-state index in [1.54, 1.807) is 0 Å². The normalized spacial score (nSPS) is 32.4. The second-order valence-electron chi connectivity index (χ2n) is 4.51. The number of nitrogens with zero attached hydrogens (tertiary/aromatic N) is 1. The molecule has 1 aromatic heterocycles. The Labute approximate surface area is 97.7 Å². The van der Waals surface area contributed by atoms with Gasteiger partial charge in [0.2, 0.25) is 0 Å². The zero-order valence-electron chi connectivity index (χ0n) is 8.53. The van der Waals surface area contributed by atoms with Gasteiger partial charge >= 0.3 is 0 Å². The Morgan fingerprint density at radius 1 is 1.33 bits per heavy atom. The van der Waals surface area contributed by atoms with Crippen LogP contribution >= 0.6 is 15.9 Å². The Balaban J connectivity index is 1.87. The van der Waals surface area contributed by atoms with Gasteiger partial charge in [-0.15, -0.1) is 0 Å². The van der Waals surface area contributed by atoms with Crippen molar-refractivity contribution in [3.63, 3.8) is 0 Å². The molecule has 82 valence electrons. The maximum Gasteiger partial charge on any atom is 0.169 e. The second-order valence-corrected chi connectivity index (χ2v) is 5.29. The first kappa shape index (κ1) is 9.87. The molecule has 2 aliphatic rings. The van der Waals surface area contributed by atoms with Crippen LogP contribution < -0.4 is 5.73 Å². The van der Waals surface area contributed by atoms with Crippen molar-refractivity contribution in [1.82, 2.24) is 4.90 Å². The molecule has 1 aliphatic carbocycles. The molecule has 0 aromatic carbocycles. The Bertz CT molecular complexity index is 361. The number of nitrogens with two attached hydrogens (primary N) is 1. The van der Waals surface area contributed by atoms with E-state index < -0.39 is 0 Å². The molecule has 1 aliphatic heterocycles. The van der Waals surface area contributed by atoms with Gasteiger partial charge in [0.1, 0.15) is 5.76 Å². The molecule has 0 spiro atoms. The fourth-order valence-electron chi connectivity index (χ4n) is 2.52. The zero-order chi connectivity index (χ0) is 10.4. The van der Waals surface area contributed by atoms with Crippen molar-refractivity contribution >= 4 is 15.9 Å². The van der Waals surface area contributed by atoms with Gasteiger partial charge in [-0.05, 0) is 47.3 Å². The van der Waals surface area contributed by atoms with Gasteiger partial charge in [0.25, 0.3) is 0 Å². The van der Waals surface area contributed by atoms with Crippen molar-refractivity contribution in [1.29, 1.82) is 0 Å². The Morgan fingerprint density at radius 3 is 2.73 bits per heavy atom. The third kappa shape index (κ3) is 1.75. The van der Waals surface area contributed by atoms with Crippen LogP contribution in [0.15, 0.2) is 21.2 Å². The molecular weight excluding hydrogens is 256 g/mol. The summed E-state index contributed by atoms with van der Waals surface area (Å²) in [5.41, 5.74) is 6.16. The van der Waals surface area contributed by atoms with Crippen LogP contribution in [-0.2, 0) is 0 Å². The first-order valence-electron chi connectivity index (χ1n) is 5.52. The number of rotatable bonds is 2. The molecule has 1 saturated heterocycles. The van der Waals surface area contributed by atoms with Crippen molar-refractivity contribution in [3.05, 3.63) is 22.6 Å². The van der Waals surface area contributed by atoms with Crippen molar-refractivity contribution < 1.29 is 4.42 Å². The molecule has 0 bridgehead atoms. The van der Waals surface area contributed by atoms with E-state index in [2.05, 4.69) is 20.8 Å². The zero-order valence-corrected chi connectivity index (χ0v) is 10.1. The molecular formula is C11H15BrN2O. The van der Waals surface area contributed by atoms with Crippen LogP contribution in [0.25, 0.3) is 0 Å². The lowest BCUT2D eigenvalue weighted by Crippen LogP contribution is -2.32. The standard InChI is InChI=1S/C11H15BrN2O/c12-10-4-3-9(15-10)11-8(13)5-6-14(11)7-1-2-7/h3-4,7-8,11H,1-2,5-6,13H2. The number of halogens is 1. The van der Waals surface area contributed by atoms with Crippen LogP contribution in [0.2, 0.25) is 0 Å². The van der Waals surface area contributed by atoms with E-state index in [1.165, 1.54) is 12.8 Å². The minimum atomic E-state index is 0.226. The summed E-state index contributed by atoms with van der Waals surface area (Å²) >= 11 is 3.35. The summed E-state index contributed by atoms with van der Waals surface area (Å²) in [5.74, 6) is 1.01.